The first-order chi connectivity index (χ1) is 15.4. The third-order valence-corrected chi connectivity index (χ3v) is 5.36. The molecule has 7 heteroatoms. The van der Waals surface area contributed by atoms with Crippen LogP contribution in [0.1, 0.15) is 22.8 Å². The number of anilines is 2. The predicted octanol–water partition coefficient (Wildman–Crippen LogP) is 5.09. The van der Waals surface area contributed by atoms with Crippen LogP contribution in [0.4, 0.5) is 11.4 Å². The lowest BCUT2D eigenvalue weighted by Gasteiger charge is -2.33. The molecular weight excluding hydrogens is 428 g/mol. The summed E-state index contributed by atoms with van der Waals surface area (Å²) in [4.78, 5) is 27.0. The van der Waals surface area contributed by atoms with Gasteiger partial charge in [-0.05, 0) is 74.0 Å². The Morgan fingerprint density at radius 2 is 1.91 bits per heavy atom. The lowest BCUT2D eigenvalue weighted by molar-refractivity contribution is -0.125. The van der Waals surface area contributed by atoms with E-state index in [1.165, 1.54) is 0 Å². The summed E-state index contributed by atoms with van der Waals surface area (Å²) in [6.45, 7) is 4.39. The first kappa shape index (κ1) is 21.7. The Morgan fingerprint density at radius 1 is 1.12 bits per heavy atom. The number of amides is 2. The molecular formula is C25H23ClN2O4. The van der Waals surface area contributed by atoms with Gasteiger partial charge in [0, 0.05) is 16.3 Å². The van der Waals surface area contributed by atoms with Crippen molar-refractivity contribution in [1.82, 2.24) is 0 Å². The number of carbonyl (C=O) groups excluding carboxylic acids is 2. The molecule has 3 aromatic carbocycles. The van der Waals surface area contributed by atoms with E-state index in [4.69, 9.17) is 21.1 Å². The molecule has 0 saturated heterocycles. The first-order valence-electron chi connectivity index (χ1n) is 10.3. The zero-order valence-corrected chi connectivity index (χ0v) is 18.6. The molecule has 0 spiro atoms. The topological polar surface area (TPSA) is 67.9 Å². The third-order valence-electron chi connectivity index (χ3n) is 5.10. The van der Waals surface area contributed by atoms with Crippen molar-refractivity contribution in [3.05, 3.63) is 82.9 Å². The van der Waals surface area contributed by atoms with Gasteiger partial charge in [-0.15, -0.1) is 0 Å². The van der Waals surface area contributed by atoms with Crippen molar-refractivity contribution in [2.24, 2.45) is 0 Å². The van der Waals surface area contributed by atoms with E-state index in [1.807, 2.05) is 31.2 Å². The molecule has 0 saturated carbocycles. The minimum atomic E-state index is -0.601. The smallest absolute Gasteiger partial charge is 0.267 e. The minimum absolute atomic E-state index is 0.161. The summed E-state index contributed by atoms with van der Waals surface area (Å²) in [5.41, 5.74) is 2.73. The van der Waals surface area contributed by atoms with Crippen LogP contribution in [-0.2, 0) is 4.79 Å². The molecule has 1 atom stereocenters. The Hall–Kier alpha value is -3.51. The molecule has 0 radical (unpaired) electrons. The molecule has 164 valence electrons. The van der Waals surface area contributed by atoms with Gasteiger partial charge in [0.1, 0.15) is 18.1 Å². The molecule has 0 aromatic heterocycles. The van der Waals surface area contributed by atoms with E-state index in [9.17, 15) is 9.59 Å². The van der Waals surface area contributed by atoms with Crippen LogP contribution in [0.25, 0.3) is 0 Å². The molecule has 4 rings (SSSR count). The molecule has 0 fully saturated rings. The predicted molar refractivity (Wildman–Crippen MR) is 125 cm³/mol. The van der Waals surface area contributed by atoms with Crippen molar-refractivity contribution in [1.29, 1.82) is 0 Å². The number of hydrogen-bond acceptors (Lipinski definition) is 4. The summed E-state index contributed by atoms with van der Waals surface area (Å²) < 4.78 is 11.6. The van der Waals surface area contributed by atoms with Crippen LogP contribution in [-0.4, -0.2) is 31.1 Å². The molecule has 1 heterocycles. The molecule has 32 heavy (non-hydrogen) atoms. The first-order valence-corrected chi connectivity index (χ1v) is 10.7. The highest BCUT2D eigenvalue weighted by Gasteiger charge is 2.31. The number of halogens is 1. The van der Waals surface area contributed by atoms with Gasteiger partial charge in [0.25, 0.3) is 11.8 Å². The number of nitrogens with zero attached hydrogens (tertiary/aromatic N) is 1. The molecule has 1 aliphatic rings. The molecule has 3 aromatic rings. The lowest BCUT2D eigenvalue weighted by Crippen LogP contribution is -2.46. The standard InChI is InChI=1S/C25H23ClN2O4/c1-16-4-3-5-21(14-16)31-13-12-28-22-15-20(10-11-23(22)32-17(2)25(28)30)27-24(29)18-6-8-19(26)9-7-18/h3-11,14-15,17H,12-13H2,1-2H3,(H,27,29). The Kier molecular flexibility index (Phi) is 6.32. The van der Waals surface area contributed by atoms with Gasteiger partial charge in [0.15, 0.2) is 6.10 Å². The SMILES string of the molecule is Cc1cccc(OCCN2C(=O)C(C)Oc3ccc(NC(=O)c4ccc(Cl)cc4)cc32)c1. The summed E-state index contributed by atoms with van der Waals surface area (Å²) in [6, 6.07) is 19.6. The van der Waals surface area contributed by atoms with Crippen LogP contribution in [0.3, 0.4) is 0 Å². The zero-order valence-electron chi connectivity index (χ0n) is 17.8. The Bertz CT molecular complexity index is 1150. The molecule has 1 N–H and O–H groups in total. The number of nitrogens with one attached hydrogen (secondary N) is 1. The third kappa shape index (κ3) is 4.86. The van der Waals surface area contributed by atoms with Gasteiger partial charge in [-0.2, -0.15) is 0 Å². The van der Waals surface area contributed by atoms with Crippen molar-refractivity contribution in [2.75, 3.05) is 23.4 Å². The van der Waals surface area contributed by atoms with Gasteiger partial charge in [0.2, 0.25) is 0 Å². The van der Waals surface area contributed by atoms with Gasteiger partial charge in [0.05, 0.1) is 12.2 Å². The van der Waals surface area contributed by atoms with E-state index in [1.54, 1.807) is 54.3 Å². The fourth-order valence-corrected chi connectivity index (χ4v) is 3.61. The fourth-order valence-electron chi connectivity index (χ4n) is 3.48. The number of rotatable bonds is 6. The number of fused-ring (bicyclic) bond motifs is 1. The van der Waals surface area contributed by atoms with Crippen molar-refractivity contribution in [3.63, 3.8) is 0 Å². The number of ether oxygens (including phenoxy) is 2. The Morgan fingerprint density at radius 3 is 2.66 bits per heavy atom. The fraction of sp³-hybridized carbons (Fsp3) is 0.200. The van der Waals surface area contributed by atoms with Gasteiger partial charge >= 0.3 is 0 Å². The largest absolute Gasteiger partial charge is 0.492 e. The molecule has 0 aliphatic carbocycles. The minimum Gasteiger partial charge on any atom is -0.492 e. The second-order valence-corrected chi connectivity index (χ2v) is 7.99. The average Bonchev–Trinajstić information content (AvgIpc) is 2.77. The van der Waals surface area contributed by atoms with Crippen molar-refractivity contribution < 1.29 is 19.1 Å². The summed E-state index contributed by atoms with van der Waals surface area (Å²) in [6.07, 6.45) is -0.601. The zero-order chi connectivity index (χ0) is 22.7. The maximum Gasteiger partial charge on any atom is 0.267 e. The van der Waals surface area contributed by atoms with E-state index in [0.717, 1.165) is 11.3 Å². The van der Waals surface area contributed by atoms with Crippen LogP contribution in [0.15, 0.2) is 66.7 Å². The molecule has 1 unspecified atom stereocenters. The van der Waals surface area contributed by atoms with Crippen molar-refractivity contribution in [3.8, 4) is 11.5 Å². The highest BCUT2D eigenvalue weighted by Crippen LogP contribution is 2.36. The van der Waals surface area contributed by atoms with Crippen molar-refractivity contribution in [2.45, 2.75) is 20.0 Å². The number of carbonyl (C=O) groups is 2. The highest BCUT2D eigenvalue weighted by molar-refractivity contribution is 6.30. The Labute approximate surface area is 191 Å². The van der Waals surface area contributed by atoms with Crippen LogP contribution in [0.2, 0.25) is 5.02 Å². The van der Waals surface area contributed by atoms with E-state index < -0.39 is 6.10 Å². The lowest BCUT2D eigenvalue weighted by atomic mass is 10.1. The molecule has 0 bridgehead atoms. The van der Waals surface area contributed by atoms with Gasteiger partial charge in [-0.1, -0.05) is 23.7 Å². The normalized spacial score (nSPS) is 15.0. The number of benzene rings is 3. The Balaban J connectivity index is 1.50. The van der Waals surface area contributed by atoms with Gasteiger partial charge in [-0.25, -0.2) is 0 Å². The van der Waals surface area contributed by atoms with Gasteiger partial charge < -0.3 is 19.7 Å². The number of aryl methyl sites for hydroxylation is 1. The van der Waals surface area contributed by atoms with Crippen LogP contribution in [0, 0.1) is 6.92 Å². The van der Waals surface area contributed by atoms with Crippen LogP contribution < -0.4 is 19.7 Å². The van der Waals surface area contributed by atoms with E-state index in [-0.39, 0.29) is 11.8 Å². The summed E-state index contributed by atoms with van der Waals surface area (Å²) in [5, 5.41) is 3.41. The van der Waals surface area contributed by atoms with E-state index in [2.05, 4.69) is 5.32 Å². The monoisotopic (exact) mass is 450 g/mol. The summed E-state index contributed by atoms with van der Waals surface area (Å²) >= 11 is 5.89. The molecule has 2 amide bonds. The molecule has 1 aliphatic heterocycles. The number of hydrogen-bond donors (Lipinski definition) is 1. The summed E-state index contributed by atoms with van der Waals surface area (Å²) in [7, 11) is 0. The maximum atomic E-state index is 12.8. The van der Waals surface area contributed by atoms with Crippen LogP contribution >= 0.6 is 11.6 Å². The van der Waals surface area contributed by atoms with Crippen LogP contribution in [0.5, 0.6) is 11.5 Å². The second-order valence-electron chi connectivity index (χ2n) is 7.56. The molecule has 6 nitrogen and oxygen atoms in total. The highest BCUT2D eigenvalue weighted by atomic mass is 35.5. The average molecular weight is 451 g/mol. The van der Waals surface area contributed by atoms with Crippen molar-refractivity contribution >= 4 is 34.8 Å². The van der Waals surface area contributed by atoms with E-state index in [0.29, 0.717) is 40.9 Å². The maximum absolute atomic E-state index is 12.8. The quantitative estimate of drug-likeness (QED) is 0.567. The second kappa shape index (κ2) is 9.32. The van der Waals surface area contributed by atoms with E-state index >= 15 is 0 Å². The summed E-state index contributed by atoms with van der Waals surface area (Å²) in [5.74, 6) is 0.902. The van der Waals surface area contributed by atoms with Gasteiger partial charge in [-0.3, -0.25) is 9.59 Å².